The van der Waals surface area contributed by atoms with Gasteiger partial charge in [0.2, 0.25) is 0 Å². The molecule has 0 aromatic carbocycles. The van der Waals surface area contributed by atoms with Gasteiger partial charge >= 0.3 is 0 Å². The molecule has 166 valence electrons. The minimum atomic E-state index is -1.75. The van der Waals surface area contributed by atoms with Gasteiger partial charge in [-0.2, -0.15) is 0 Å². The largest absolute Gasteiger partial charge is 0.394 e. The topological polar surface area (TPSA) is 219 Å². The third kappa shape index (κ3) is 5.14. The van der Waals surface area contributed by atoms with Crippen LogP contribution in [-0.4, -0.2) is 140 Å². The second kappa shape index (κ2) is 10.5. The Labute approximate surface area is 159 Å². The van der Waals surface area contributed by atoms with Crippen LogP contribution in [0.25, 0.3) is 0 Å². The molecule has 13 heteroatoms. The maximum atomic E-state index is 10.3. The highest BCUT2D eigenvalue weighted by atomic mass is 16.7. The highest BCUT2D eigenvalue weighted by molar-refractivity contribution is 4.94. The first-order valence-corrected chi connectivity index (χ1v) is 8.74. The molecule has 0 aliphatic carbocycles. The molecule has 11 atom stereocenters. The van der Waals surface area contributed by atoms with Gasteiger partial charge in [0.05, 0.1) is 26.4 Å². The van der Waals surface area contributed by atoms with E-state index in [2.05, 4.69) is 0 Å². The molecule has 0 aromatic rings. The number of ether oxygens (including phenoxy) is 4. The van der Waals surface area contributed by atoms with E-state index in [1.165, 1.54) is 0 Å². The SMILES string of the molecule is OCC(O)CO[C@@H]1O[C@H](CO)[C@H](O[C@H]2O[C@H](CO)[C@@H](O)[C@H](O)[C@H]2O)[C@H](O)[C@H]1O. The van der Waals surface area contributed by atoms with Crippen LogP contribution < -0.4 is 0 Å². The summed E-state index contributed by atoms with van der Waals surface area (Å²) in [5, 5.41) is 86.9. The van der Waals surface area contributed by atoms with E-state index in [1.807, 2.05) is 0 Å². The summed E-state index contributed by atoms with van der Waals surface area (Å²) in [6.45, 7) is -2.41. The van der Waals surface area contributed by atoms with Gasteiger partial charge in [-0.1, -0.05) is 0 Å². The molecule has 2 fully saturated rings. The fourth-order valence-electron chi connectivity index (χ4n) is 2.95. The molecule has 28 heavy (non-hydrogen) atoms. The number of aliphatic hydroxyl groups excluding tert-OH is 9. The van der Waals surface area contributed by atoms with Crippen LogP contribution in [0.3, 0.4) is 0 Å². The van der Waals surface area contributed by atoms with Gasteiger partial charge in [-0.25, -0.2) is 0 Å². The fourth-order valence-corrected chi connectivity index (χ4v) is 2.95. The number of aliphatic hydroxyl groups is 9. The van der Waals surface area contributed by atoms with Gasteiger partial charge in [0.15, 0.2) is 12.6 Å². The van der Waals surface area contributed by atoms with Gasteiger partial charge in [-0.05, 0) is 0 Å². The Morgan fingerprint density at radius 1 is 0.714 bits per heavy atom. The Morgan fingerprint density at radius 3 is 1.86 bits per heavy atom. The molecule has 0 bridgehead atoms. The Balaban J connectivity index is 2.06. The molecule has 0 spiro atoms. The van der Waals surface area contributed by atoms with E-state index >= 15 is 0 Å². The summed E-state index contributed by atoms with van der Waals surface area (Å²) in [6.07, 6.45) is -16.7. The quantitative estimate of drug-likeness (QED) is 0.180. The highest BCUT2D eigenvalue weighted by Gasteiger charge is 2.50. The zero-order valence-electron chi connectivity index (χ0n) is 14.8. The third-order valence-electron chi connectivity index (χ3n) is 4.62. The van der Waals surface area contributed by atoms with Crippen LogP contribution in [0.5, 0.6) is 0 Å². The van der Waals surface area contributed by atoms with Gasteiger partial charge < -0.3 is 64.9 Å². The first kappa shape index (κ1) is 23.8. The second-order valence-corrected chi connectivity index (χ2v) is 6.67. The summed E-state index contributed by atoms with van der Waals surface area (Å²) in [6, 6.07) is 0. The number of hydrogen-bond acceptors (Lipinski definition) is 13. The van der Waals surface area contributed by atoms with Crippen molar-refractivity contribution in [3.63, 3.8) is 0 Å². The van der Waals surface area contributed by atoms with Crippen LogP contribution >= 0.6 is 0 Å². The molecule has 0 radical (unpaired) electrons. The van der Waals surface area contributed by atoms with Gasteiger partial charge in [-0.3, -0.25) is 0 Å². The predicted molar refractivity (Wildman–Crippen MR) is 85.4 cm³/mol. The standard InChI is InChI=1S/C15H28O13/c16-1-5(19)4-25-14-12(24)10(22)13(7(3-18)27-14)28-15-11(23)9(21)8(20)6(2-17)26-15/h5-24H,1-4H2/t5?,6-,7-,8-,9+,10-,11-,12-,13+,14-,15-/m1/s1. The van der Waals surface area contributed by atoms with Crippen molar-refractivity contribution >= 4 is 0 Å². The number of hydrogen-bond donors (Lipinski definition) is 9. The normalized spacial score (nSPS) is 45.8. The second-order valence-electron chi connectivity index (χ2n) is 6.67. The summed E-state index contributed by atoms with van der Waals surface area (Å²) >= 11 is 0. The Hall–Kier alpha value is -0.520. The molecular weight excluding hydrogens is 388 g/mol. The summed E-state index contributed by atoms with van der Waals surface area (Å²) in [5.41, 5.74) is 0. The van der Waals surface area contributed by atoms with E-state index in [1.54, 1.807) is 0 Å². The molecule has 9 N–H and O–H groups in total. The number of rotatable bonds is 8. The third-order valence-corrected chi connectivity index (χ3v) is 4.62. The minimum Gasteiger partial charge on any atom is -0.394 e. The summed E-state index contributed by atoms with van der Waals surface area (Å²) in [7, 11) is 0. The van der Waals surface area contributed by atoms with Crippen LogP contribution in [0, 0.1) is 0 Å². The van der Waals surface area contributed by atoms with Crippen LogP contribution in [0.4, 0.5) is 0 Å². The van der Waals surface area contributed by atoms with Crippen molar-refractivity contribution in [3.8, 4) is 0 Å². The first-order chi connectivity index (χ1) is 13.2. The van der Waals surface area contributed by atoms with Crippen LogP contribution in [0.2, 0.25) is 0 Å². The van der Waals surface area contributed by atoms with Crippen molar-refractivity contribution in [2.45, 2.75) is 67.5 Å². The molecule has 2 aliphatic heterocycles. The summed E-state index contributed by atoms with van der Waals surface area (Å²) < 4.78 is 20.9. The van der Waals surface area contributed by atoms with Crippen LogP contribution in [0.15, 0.2) is 0 Å². The minimum absolute atomic E-state index is 0.415. The smallest absolute Gasteiger partial charge is 0.187 e. The van der Waals surface area contributed by atoms with Crippen molar-refractivity contribution in [1.82, 2.24) is 0 Å². The van der Waals surface area contributed by atoms with Crippen molar-refractivity contribution in [3.05, 3.63) is 0 Å². The van der Waals surface area contributed by atoms with Gasteiger partial charge in [0, 0.05) is 0 Å². The molecule has 13 nitrogen and oxygen atoms in total. The first-order valence-electron chi connectivity index (χ1n) is 8.74. The van der Waals surface area contributed by atoms with Gasteiger partial charge in [-0.15, -0.1) is 0 Å². The van der Waals surface area contributed by atoms with E-state index in [0.717, 1.165) is 0 Å². The lowest BCUT2D eigenvalue weighted by molar-refractivity contribution is -0.360. The fraction of sp³-hybridized carbons (Fsp3) is 1.00. The predicted octanol–water partition coefficient (Wildman–Crippen LogP) is -6.02. The Bertz CT molecular complexity index is 463. The van der Waals surface area contributed by atoms with E-state index in [-0.39, 0.29) is 0 Å². The van der Waals surface area contributed by atoms with Crippen molar-refractivity contribution in [1.29, 1.82) is 0 Å². The molecule has 0 aromatic heterocycles. The highest BCUT2D eigenvalue weighted by Crippen LogP contribution is 2.29. The van der Waals surface area contributed by atoms with E-state index in [0.29, 0.717) is 0 Å². The van der Waals surface area contributed by atoms with Crippen LogP contribution in [-0.2, 0) is 18.9 Å². The summed E-state index contributed by atoms with van der Waals surface area (Å²) in [5.74, 6) is 0. The zero-order chi connectivity index (χ0) is 21.0. The lowest BCUT2D eigenvalue weighted by atomic mass is 9.97. The van der Waals surface area contributed by atoms with Crippen molar-refractivity contribution < 1.29 is 64.9 Å². The molecule has 2 aliphatic rings. The molecule has 0 amide bonds. The maximum absolute atomic E-state index is 10.3. The monoisotopic (exact) mass is 416 g/mol. The van der Waals surface area contributed by atoms with E-state index in [9.17, 15) is 40.9 Å². The molecule has 1 unspecified atom stereocenters. The van der Waals surface area contributed by atoms with E-state index < -0.39 is 93.9 Å². The van der Waals surface area contributed by atoms with Crippen molar-refractivity contribution in [2.24, 2.45) is 0 Å². The average molecular weight is 416 g/mol. The lowest BCUT2D eigenvalue weighted by Crippen LogP contribution is -2.64. The average Bonchev–Trinajstić information content (AvgIpc) is 2.70. The zero-order valence-corrected chi connectivity index (χ0v) is 14.8. The van der Waals surface area contributed by atoms with Crippen molar-refractivity contribution in [2.75, 3.05) is 26.4 Å². The Kier molecular flexibility index (Phi) is 8.90. The van der Waals surface area contributed by atoms with Crippen LogP contribution in [0.1, 0.15) is 0 Å². The van der Waals surface area contributed by atoms with Gasteiger partial charge in [0.1, 0.15) is 54.9 Å². The molecule has 2 rings (SSSR count). The maximum Gasteiger partial charge on any atom is 0.187 e. The van der Waals surface area contributed by atoms with Gasteiger partial charge in [0.25, 0.3) is 0 Å². The molecular formula is C15H28O13. The lowest BCUT2D eigenvalue weighted by Gasteiger charge is -2.46. The molecule has 2 heterocycles. The Morgan fingerprint density at radius 2 is 1.29 bits per heavy atom. The summed E-state index contributed by atoms with van der Waals surface area (Å²) in [4.78, 5) is 0. The molecule has 0 saturated carbocycles. The molecule has 2 saturated heterocycles. The van der Waals surface area contributed by atoms with E-state index in [4.69, 9.17) is 24.1 Å².